The number of carbonyl (C=O) groups is 2. The van der Waals surface area contributed by atoms with Gasteiger partial charge in [-0.25, -0.2) is 4.98 Å². The number of carbonyl (C=O) groups excluding carboxylic acids is 2. The highest BCUT2D eigenvalue weighted by atomic mass is 16.2. The maximum absolute atomic E-state index is 13.0. The minimum atomic E-state index is -0.112. The molecule has 2 N–H and O–H groups in total. The molecule has 1 aliphatic heterocycles. The maximum atomic E-state index is 13.0. The molecule has 27 heavy (non-hydrogen) atoms. The van der Waals surface area contributed by atoms with E-state index in [0.29, 0.717) is 11.5 Å². The van der Waals surface area contributed by atoms with Crippen LogP contribution in [0.4, 0.5) is 0 Å². The van der Waals surface area contributed by atoms with Crippen LogP contribution in [0.1, 0.15) is 104 Å². The van der Waals surface area contributed by atoms with Crippen molar-refractivity contribution in [3.63, 3.8) is 0 Å². The van der Waals surface area contributed by atoms with Crippen LogP contribution in [0.2, 0.25) is 0 Å². The fourth-order valence-corrected chi connectivity index (χ4v) is 4.90. The molecule has 1 aromatic heterocycles. The Morgan fingerprint density at radius 2 is 1.37 bits per heavy atom. The van der Waals surface area contributed by atoms with Gasteiger partial charge in [-0.05, 0) is 44.9 Å². The molecular formula is C21H32N4O2. The van der Waals surface area contributed by atoms with Crippen LogP contribution in [0.3, 0.4) is 0 Å². The van der Waals surface area contributed by atoms with E-state index < -0.39 is 0 Å². The Labute approximate surface area is 161 Å². The van der Waals surface area contributed by atoms with E-state index >= 15 is 0 Å². The molecule has 0 unspecified atom stereocenters. The molecule has 3 aliphatic rings. The summed E-state index contributed by atoms with van der Waals surface area (Å²) in [6.07, 6.45) is 14.4. The van der Waals surface area contributed by atoms with Gasteiger partial charge in [0, 0.05) is 18.6 Å². The summed E-state index contributed by atoms with van der Waals surface area (Å²) in [6, 6.07) is 0.508. The SMILES string of the molecule is O=C(NC1CCCCCC1)c1nc(C(=O)NC2CCCC2)n2c1CCCC2. The van der Waals surface area contributed by atoms with Crippen molar-refractivity contribution < 1.29 is 9.59 Å². The summed E-state index contributed by atoms with van der Waals surface area (Å²) < 4.78 is 2.00. The smallest absolute Gasteiger partial charge is 0.287 e. The molecule has 0 atom stereocenters. The minimum absolute atomic E-state index is 0.0903. The van der Waals surface area contributed by atoms with Crippen molar-refractivity contribution in [2.24, 2.45) is 0 Å². The van der Waals surface area contributed by atoms with Crippen LogP contribution in [0.5, 0.6) is 0 Å². The Balaban J connectivity index is 1.52. The highest BCUT2D eigenvalue weighted by Gasteiger charge is 2.29. The lowest BCUT2D eigenvalue weighted by molar-refractivity contribution is 0.0921. The van der Waals surface area contributed by atoms with Gasteiger partial charge in [-0.15, -0.1) is 0 Å². The summed E-state index contributed by atoms with van der Waals surface area (Å²) in [4.78, 5) is 30.3. The summed E-state index contributed by atoms with van der Waals surface area (Å²) in [6.45, 7) is 0.784. The molecule has 2 aliphatic carbocycles. The first-order valence-corrected chi connectivity index (χ1v) is 10.9. The van der Waals surface area contributed by atoms with Crippen molar-refractivity contribution >= 4 is 11.8 Å². The molecule has 148 valence electrons. The topological polar surface area (TPSA) is 76.0 Å². The largest absolute Gasteiger partial charge is 0.348 e. The molecule has 2 fully saturated rings. The van der Waals surface area contributed by atoms with Gasteiger partial charge in [0.2, 0.25) is 0 Å². The third-order valence-electron chi connectivity index (χ3n) is 6.42. The van der Waals surface area contributed by atoms with E-state index in [9.17, 15) is 9.59 Å². The first kappa shape index (κ1) is 18.5. The van der Waals surface area contributed by atoms with Crippen molar-refractivity contribution in [1.82, 2.24) is 20.2 Å². The van der Waals surface area contributed by atoms with Gasteiger partial charge in [0.25, 0.3) is 11.8 Å². The Kier molecular flexibility index (Phi) is 5.79. The molecule has 0 saturated heterocycles. The number of nitrogens with zero attached hydrogens (tertiary/aromatic N) is 2. The second-order valence-electron chi connectivity index (χ2n) is 8.46. The average Bonchev–Trinajstić information content (AvgIpc) is 3.24. The normalized spacial score (nSPS) is 21.5. The van der Waals surface area contributed by atoms with Gasteiger partial charge in [0.05, 0.1) is 5.69 Å². The summed E-state index contributed by atoms with van der Waals surface area (Å²) in [7, 11) is 0. The summed E-state index contributed by atoms with van der Waals surface area (Å²) in [5.41, 5.74) is 1.43. The van der Waals surface area contributed by atoms with Crippen LogP contribution in [-0.2, 0) is 13.0 Å². The zero-order valence-corrected chi connectivity index (χ0v) is 16.3. The Morgan fingerprint density at radius 3 is 2.04 bits per heavy atom. The van der Waals surface area contributed by atoms with Gasteiger partial charge < -0.3 is 15.2 Å². The van der Waals surface area contributed by atoms with Crippen LogP contribution in [0, 0.1) is 0 Å². The molecule has 0 radical (unpaired) electrons. The first-order chi connectivity index (χ1) is 13.2. The van der Waals surface area contributed by atoms with Crippen LogP contribution >= 0.6 is 0 Å². The van der Waals surface area contributed by atoms with Gasteiger partial charge >= 0.3 is 0 Å². The van der Waals surface area contributed by atoms with E-state index in [1.165, 1.54) is 38.5 Å². The van der Waals surface area contributed by atoms with Gasteiger partial charge in [0.1, 0.15) is 5.69 Å². The number of amides is 2. The lowest BCUT2D eigenvalue weighted by atomic mass is 10.1. The van der Waals surface area contributed by atoms with E-state index in [0.717, 1.165) is 57.2 Å². The number of hydrogen-bond donors (Lipinski definition) is 2. The number of nitrogens with one attached hydrogen (secondary N) is 2. The molecule has 6 nitrogen and oxygen atoms in total. The first-order valence-electron chi connectivity index (χ1n) is 10.9. The number of aromatic nitrogens is 2. The predicted molar refractivity (Wildman–Crippen MR) is 104 cm³/mol. The third-order valence-corrected chi connectivity index (χ3v) is 6.42. The molecule has 1 aromatic rings. The summed E-state index contributed by atoms with van der Waals surface area (Å²) >= 11 is 0. The monoisotopic (exact) mass is 372 g/mol. The van der Waals surface area contributed by atoms with Crippen LogP contribution in [0.15, 0.2) is 0 Å². The maximum Gasteiger partial charge on any atom is 0.287 e. The highest BCUT2D eigenvalue weighted by molar-refractivity contribution is 5.97. The Hall–Kier alpha value is -1.85. The quantitative estimate of drug-likeness (QED) is 0.796. The number of imidazole rings is 1. The average molecular weight is 373 g/mol. The van der Waals surface area contributed by atoms with Gasteiger partial charge in [0.15, 0.2) is 5.82 Å². The van der Waals surface area contributed by atoms with Crippen molar-refractivity contribution in [2.75, 3.05) is 0 Å². The molecular weight excluding hydrogens is 340 g/mol. The molecule has 6 heteroatoms. The molecule has 0 spiro atoms. The van der Waals surface area contributed by atoms with Crippen LogP contribution in [-0.4, -0.2) is 33.4 Å². The van der Waals surface area contributed by atoms with E-state index in [-0.39, 0.29) is 23.9 Å². The lowest BCUT2D eigenvalue weighted by Crippen LogP contribution is -2.35. The zero-order valence-electron chi connectivity index (χ0n) is 16.3. The number of rotatable bonds is 4. The van der Waals surface area contributed by atoms with E-state index in [1.54, 1.807) is 0 Å². The highest BCUT2D eigenvalue weighted by Crippen LogP contribution is 2.24. The second-order valence-corrected chi connectivity index (χ2v) is 8.46. The third kappa shape index (κ3) is 4.19. The second kappa shape index (κ2) is 8.44. The van der Waals surface area contributed by atoms with Gasteiger partial charge in [-0.3, -0.25) is 9.59 Å². The molecule has 2 amide bonds. The molecule has 2 saturated carbocycles. The van der Waals surface area contributed by atoms with Crippen molar-refractivity contribution in [3.8, 4) is 0 Å². The predicted octanol–water partition coefficient (Wildman–Crippen LogP) is 3.34. The van der Waals surface area contributed by atoms with E-state index in [4.69, 9.17) is 0 Å². The van der Waals surface area contributed by atoms with Crippen molar-refractivity contribution in [3.05, 3.63) is 17.2 Å². The Morgan fingerprint density at radius 1 is 0.778 bits per heavy atom. The number of hydrogen-bond acceptors (Lipinski definition) is 3. The fraction of sp³-hybridized carbons (Fsp3) is 0.762. The zero-order chi connectivity index (χ0) is 18.6. The van der Waals surface area contributed by atoms with Gasteiger partial charge in [-0.2, -0.15) is 0 Å². The van der Waals surface area contributed by atoms with Gasteiger partial charge in [-0.1, -0.05) is 38.5 Å². The van der Waals surface area contributed by atoms with E-state index in [1.807, 2.05) is 4.57 Å². The Bertz CT molecular complexity index is 683. The van der Waals surface area contributed by atoms with Crippen molar-refractivity contribution in [2.45, 2.75) is 102 Å². The summed E-state index contributed by atoms with van der Waals surface area (Å²) in [5, 5.41) is 6.34. The van der Waals surface area contributed by atoms with Crippen molar-refractivity contribution in [1.29, 1.82) is 0 Å². The molecule has 4 rings (SSSR count). The molecule has 0 aromatic carbocycles. The standard InChI is InChI=1S/C21H32N4O2/c26-20(22-15-9-3-1-2-4-10-15)18-17-13-7-8-14-25(17)19(24-18)21(27)23-16-11-5-6-12-16/h15-16H,1-14H2,(H,22,26)(H,23,27). The lowest BCUT2D eigenvalue weighted by Gasteiger charge is -2.19. The minimum Gasteiger partial charge on any atom is -0.348 e. The molecule has 0 bridgehead atoms. The van der Waals surface area contributed by atoms with Crippen LogP contribution in [0.25, 0.3) is 0 Å². The molecule has 2 heterocycles. The number of fused-ring (bicyclic) bond motifs is 1. The summed E-state index contributed by atoms with van der Waals surface area (Å²) in [5.74, 6) is 0.230. The fourth-order valence-electron chi connectivity index (χ4n) is 4.90. The van der Waals surface area contributed by atoms with E-state index in [2.05, 4.69) is 15.6 Å². The van der Waals surface area contributed by atoms with Crippen LogP contribution < -0.4 is 10.6 Å².